The number of nitrogens with zero attached hydrogens (tertiary/aromatic N) is 5. The third-order valence-electron chi connectivity index (χ3n) is 4.51. The number of aromatic nitrogens is 5. The van der Waals surface area contributed by atoms with E-state index in [2.05, 4.69) is 15.4 Å². The minimum Gasteiger partial charge on any atom is -0.497 e. The summed E-state index contributed by atoms with van der Waals surface area (Å²) in [6.45, 7) is 0. The van der Waals surface area contributed by atoms with E-state index >= 15 is 0 Å². The van der Waals surface area contributed by atoms with Crippen molar-refractivity contribution in [2.45, 2.75) is 6.18 Å². The van der Waals surface area contributed by atoms with Crippen LogP contribution in [0.4, 0.5) is 13.2 Å². The molecule has 158 valence electrons. The number of carboxylic acids is 1. The fourth-order valence-corrected chi connectivity index (χ4v) is 3.00. The summed E-state index contributed by atoms with van der Waals surface area (Å²) in [5.74, 6) is -1.01. The summed E-state index contributed by atoms with van der Waals surface area (Å²) in [5.41, 5.74) is -0.333. The second-order valence-electron chi connectivity index (χ2n) is 6.41. The van der Waals surface area contributed by atoms with Crippen LogP contribution in [0.1, 0.15) is 16.1 Å². The number of hydrogen-bond donors (Lipinski definition) is 1. The van der Waals surface area contributed by atoms with Gasteiger partial charge in [-0.2, -0.15) is 18.3 Å². The van der Waals surface area contributed by atoms with Crippen molar-refractivity contribution in [3.05, 3.63) is 72.2 Å². The van der Waals surface area contributed by atoms with Crippen molar-refractivity contribution in [2.24, 2.45) is 0 Å². The van der Waals surface area contributed by atoms with Crippen molar-refractivity contribution in [3.8, 4) is 28.4 Å². The molecule has 0 bridgehead atoms. The molecular formula is C20H14F3N5O3. The first-order chi connectivity index (χ1) is 14.8. The summed E-state index contributed by atoms with van der Waals surface area (Å²) in [6.07, 6.45) is -2.53. The summed E-state index contributed by atoms with van der Waals surface area (Å²) in [6, 6.07) is 13.1. The van der Waals surface area contributed by atoms with Gasteiger partial charge in [-0.05, 0) is 36.4 Å². The number of rotatable bonds is 5. The molecule has 0 fully saturated rings. The van der Waals surface area contributed by atoms with Crippen molar-refractivity contribution >= 4 is 5.97 Å². The van der Waals surface area contributed by atoms with Gasteiger partial charge in [0.15, 0.2) is 5.69 Å². The van der Waals surface area contributed by atoms with E-state index in [1.54, 1.807) is 54.4 Å². The van der Waals surface area contributed by atoms with Crippen LogP contribution in [-0.2, 0) is 6.18 Å². The van der Waals surface area contributed by atoms with Crippen LogP contribution < -0.4 is 4.74 Å². The summed E-state index contributed by atoms with van der Waals surface area (Å²) >= 11 is 0. The fourth-order valence-electron chi connectivity index (χ4n) is 3.00. The summed E-state index contributed by atoms with van der Waals surface area (Å²) in [7, 11) is 1.57. The Morgan fingerprint density at radius 2 is 1.68 bits per heavy atom. The first-order valence-electron chi connectivity index (χ1n) is 8.84. The van der Waals surface area contributed by atoms with Crippen molar-refractivity contribution < 1.29 is 27.8 Å². The normalized spacial score (nSPS) is 11.5. The third-order valence-corrected chi connectivity index (χ3v) is 4.51. The minimum absolute atomic E-state index is 0.0612. The van der Waals surface area contributed by atoms with E-state index in [1.807, 2.05) is 0 Å². The van der Waals surface area contributed by atoms with Gasteiger partial charge >= 0.3 is 12.1 Å². The topological polar surface area (TPSA) is 95.1 Å². The Morgan fingerprint density at radius 1 is 1.03 bits per heavy atom. The van der Waals surface area contributed by atoms with Gasteiger partial charge in [0.25, 0.3) is 0 Å². The van der Waals surface area contributed by atoms with Crippen LogP contribution in [0, 0.1) is 0 Å². The number of benzene rings is 2. The van der Waals surface area contributed by atoms with Gasteiger partial charge in [-0.25, -0.2) is 14.2 Å². The molecule has 0 amide bonds. The molecule has 0 saturated carbocycles. The highest BCUT2D eigenvalue weighted by atomic mass is 19.4. The largest absolute Gasteiger partial charge is 0.497 e. The monoisotopic (exact) mass is 429 g/mol. The van der Waals surface area contributed by atoms with Crippen LogP contribution in [0.2, 0.25) is 0 Å². The maximum absolute atomic E-state index is 13.4. The molecule has 0 aliphatic rings. The molecule has 0 aliphatic carbocycles. The molecule has 11 heteroatoms. The number of aromatic carboxylic acids is 1. The highest BCUT2D eigenvalue weighted by Crippen LogP contribution is 2.34. The Hall–Kier alpha value is -4.15. The average Bonchev–Trinajstić information content (AvgIpc) is 3.41. The summed E-state index contributed by atoms with van der Waals surface area (Å²) < 4.78 is 47.4. The molecule has 8 nitrogen and oxygen atoms in total. The molecule has 0 atom stereocenters. The van der Waals surface area contributed by atoms with Crippen molar-refractivity contribution in [2.75, 3.05) is 7.11 Å². The number of alkyl halides is 3. The van der Waals surface area contributed by atoms with Gasteiger partial charge < -0.3 is 9.84 Å². The zero-order chi connectivity index (χ0) is 22.2. The Balaban J connectivity index is 1.64. The van der Waals surface area contributed by atoms with E-state index in [0.29, 0.717) is 27.9 Å². The summed E-state index contributed by atoms with van der Waals surface area (Å²) in [5, 5.41) is 20.8. The molecule has 4 aromatic rings. The predicted molar refractivity (Wildman–Crippen MR) is 102 cm³/mol. The molecule has 0 spiro atoms. The number of halogens is 3. The van der Waals surface area contributed by atoms with Crippen LogP contribution >= 0.6 is 0 Å². The SMILES string of the molecule is COc1ccc(-n2cc(-c3ccc(-n4ncc(C(=O)O)c4C(F)(F)F)cc3)nn2)cc1. The Morgan fingerprint density at radius 3 is 2.26 bits per heavy atom. The predicted octanol–water partition coefficient (Wildman–Crippen LogP) is 3.85. The van der Waals surface area contributed by atoms with Crippen LogP contribution in [0.25, 0.3) is 22.6 Å². The second-order valence-corrected chi connectivity index (χ2v) is 6.41. The van der Waals surface area contributed by atoms with E-state index in [1.165, 1.54) is 12.1 Å². The van der Waals surface area contributed by atoms with Gasteiger partial charge in [0.1, 0.15) is 17.0 Å². The molecule has 0 unspecified atom stereocenters. The van der Waals surface area contributed by atoms with Gasteiger partial charge in [-0.3, -0.25) is 0 Å². The highest BCUT2D eigenvalue weighted by molar-refractivity contribution is 5.89. The van der Waals surface area contributed by atoms with Gasteiger partial charge in [-0.15, -0.1) is 5.10 Å². The lowest BCUT2D eigenvalue weighted by atomic mass is 10.1. The molecule has 2 heterocycles. The van der Waals surface area contributed by atoms with Crippen molar-refractivity contribution in [1.82, 2.24) is 24.8 Å². The maximum Gasteiger partial charge on any atom is 0.434 e. The van der Waals surface area contributed by atoms with Gasteiger partial charge in [0.05, 0.1) is 30.9 Å². The van der Waals surface area contributed by atoms with Crippen LogP contribution in [0.5, 0.6) is 5.75 Å². The zero-order valence-corrected chi connectivity index (χ0v) is 15.9. The smallest absolute Gasteiger partial charge is 0.434 e. The Labute approximate surface area is 173 Å². The highest BCUT2D eigenvalue weighted by Gasteiger charge is 2.40. The molecule has 0 aliphatic heterocycles. The standard InChI is InChI=1S/C20H14F3N5O3/c1-31-15-8-6-13(7-9-15)27-11-17(25-26-27)12-2-4-14(5-3-12)28-18(20(21,22)23)16(10-24-28)19(29)30/h2-11H,1H3,(H,29,30). The molecule has 4 rings (SSSR count). The lowest BCUT2D eigenvalue weighted by Gasteiger charge is -2.11. The third kappa shape index (κ3) is 3.84. The molecule has 31 heavy (non-hydrogen) atoms. The first kappa shape index (κ1) is 20.1. The zero-order valence-electron chi connectivity index (χ0n) is 15.9. The van der Waals surface area contributed by atoms with E-state index < -0.39 is 23.4 Å². The van der Waals surface area contributed by atoms with E-state index in [4.69, 9.17) is 9.84 Å². The van der Waals surface area contributed by atoms with Crippen LogP contribution in [0.3, 0.4) is 0 Å². The molecule has 0 saturated heterocycles. The maximum atomic E-state index is 13.4. The van der Waals surface area contributed by atoms with Crippen LogP contribution in [0.15, 0.2) is 60.9 Å². The molecular weight excluding hydrogens is 415 g/mol. The molecule has 1 N–H and O–H groups in total. The number of carbonyl (C=O) groups is 1. The van der Waals surface area contributed by atoms with Gasteiger partial charge in [0.2, 0.25) is 0 Å². The minimum atomic E-state index is -4.88. The summed E-state index contributed by atoms with van der Waals surface area (Å²) in [4.78, 5) is 11.1. The quantitative estimate of drug-likeness (QED) is 0.518. The van der Waals surface area contributed by atoms with Gasteiger partial charge in [0, 0.05) is 5.56 Å². The average molecular weight is 429 g/mol. The Kier molecular flexibility index (Phi) is 4.93. The number of carboxylic acid groups (broad SMARTS) is 1. The van der Waals surface area contributed by atoms with Crippen LogP contribution in [-0.4, -0.2) is 43.0 Å². The molecule has 2 aromatic carbocycles. The van der Waals surface area contributed by atoms with Gasteiger partial charge in [-0.1, -0.05) is 17.3 Å². The van der Waals surface area contributed by atoms with Crippen molar-refractivity contribution in [3.63, 3.8) is 0 Å². The molecule has 2 aromatic heterocycles. The number of hydrogen-bond acceptors (Lipinski definition) is 5. The Bertz CT molecular complexity index is 1230. The molecule has 0 radical (unpaired) electrons. The number of methoxy groups -OCH3 is 1. The van der Waals surface area contributed by atoms with E-state index in [-0.39, 0.29) is 5.69 Å². The first-order valence-corrected chi connectivity index (χ1v) is 8.84. The van der Waals surface area contributed by atoms with E-state index in [9.17, 15) is 18.0 Å². The number of ether oxygens (including phenoxy) is 1. The second kappa shape index (κ2) is 7.59. The lowest BCUT2D eigenvalue weighted by molar-refractivity contribution is -0.143. The fraction of sp³-hybridized carbons (Fsp3) is 0.100. The van der Waals surface area contributed by atoms with E-state index in [0.717, 1.165) is 5.69 Å². The van der Waals surface area contributed by atoms with Crippen molar-refractivity contribution in [1.29, 1.82) is 0 Å². The lowest BCUT2D eigenvalue weighted by Crippen LogP contribution is -2.17.